The van der Waals surface area contributed by atoms with Crippen molar-refractivity contribution in [2.24, 2.45) is 4.99 Å². The zero-order valence-corrected chi connectivity index (χ0v) is 21.5. The van der Waals surface area contributed by atoms with Crippen molar-refractivity contribution in [3.05, 3.63) is 95.1 Å². The number of aliphatic imine (C=N–C) groups is 1. The minimum absolute atomic E-state index is 0.0426. The summed E-state index contributed by atoms with van der Waals surface area (Å²) in [7, 11) is 5.90. The SMILES string of the molecule is CCCCN(C)C(=O)c1ccc2c(c1)C(C(=Nc1ccc(CN(C)C)cc1)c1ccccc1)C(=O)N2. The van der Waals surface area contributed by atoms with Crippen molar-refractivity contribution in [1.82, 2.24) is 9.80 Å². The highest BCUT2D eigenvalue weighted by Gasteiger charge is 2.36. The largest absolute Gasteiger partial charge is 0.342 e. The summed E-state index contributed by atoms with van der Waals surface area (Å²) in [5, 5.41) is 2.99. The van der Waals surface area contributed by atoms with Crippen LogP contribution in [0.3, 0.4) is 0 Å². The van der Waals surface area contributed by atoms with E-state index in [-0.39, 0.29) is 11.8 Å². The predicted molar refractivity (Wildman–Crippen MR) is 146 cm³/mol. The van der Waals surface area contributed by atoms with Gasteiger partial charge in [0.2, 0.25) is 5.91 Å². The van der Waals surface area contributed by atoms with Crippen LogP contribution in [0.4, 0.5) is 11.4 Å². The van der Waals surface area contributed by atoms with E-state index in [2.05, 4.69) is 29.3 Å². The molecule has 4 rings (SSSR count). The van der Waals surface area contributed by atoms with Gasteiger partial charge in [0.1, 0.15) is 5.92 Å². The highest BCUT2D eigenvalue weighted by molar-refractivity contribution is 6.24. The lowest BCUT2D eigenvalue weighted by Gasteiger charge is -2.18. The number of carbonyl (C=O) groups is 2. The first-order valence-corrected chi connectivity index (χ1v) is 12.4. The summed E-state index contributed by atoms with van der Waals surface area (Å²) in [6, 6.07) is 23.3. The maximum atomic E-state index is 13.3. The molecule has 1 unspecified atom stereocenters. The van der Waals surface area contributed by atoms with Crippen molar-refractivity contribution in [2.45, 2.75) is 32.2 Å². The van der Waals surface area contributed by atoms with Crippen molar-refractivity contribution >= 4 is 28.9 Å². The molecule has 0 saturated heterocycles. The molecule has 186 valence electrons. The third-order valence-electron chi connectivity index (χ3n) is 6.35. The molecule has 0 aromatic heterocycles. The summed E-state index contributed by atoms with van der Waals surface area (Å²) in [6.07, 6.45) is 1.98. The van der Waals surface area contributed by atoms with Gasteiger partial charge < -0.3 is 15.1 Å². The predicted octanol–water partition coefficient (Wildman–Crippen LogP) is 5.48. The number of rotatable bonds is 9. The Morgan fingerprint density at radius 1 is 0.944 bits per heavy atom. The minimum atomic E-state index is -0.613. The lowest BCUT2D eigenvalue weighted by atomic mass is 9.89. The fraction of sp³-hybridized carbons (Fsp3) is 0.300. The molecule has 1 aliphatic heterocycles. The molecule has 1 atom stereocenters. The van der Waals surface area contributed by atoms with Crippen LogP contribution in [-0.2, 0) is 11.3 Å². The Morgan fingerprint density at radius 2 is 1.67 bits per heavy atom. The lowest BCUT2D eigenvalue weighted by Crippen LogP contribution is -2.28. The number of anilines is 1. The van der Waals surface area contributed by atoms with Gasteiger partial charge in [0.05, 0.1) is 11.4 Å². The Balaban J connectivity index is 1.74. The van der Waals surface area contributed by atoms with Gasteiger partial charge in [-0.1, -0.05) is 55.8 Å². The number of hydrogen-bond acceptors (Lipinski definition) is 4. The molecule has 3 aromatic carbocycles. The molecule has 0 bridgehead atoms. The van der Waals surface area contributed by atoms with E-state index in [0.717, 1.165) is 41.9 Å². The smallest absolute Gasteiger partial charge is 0.253 e. The van der Waals surface area contributed by atoms with Crippen LogP contribution in [0, 0.1) is 0 Å². The Bertz CT molecular complexity index is 1250. The lowest BCUT2D eigenvalue weighted by molar-refractivity contribution is -0.115. The molecule has 36 heavy (non-hydrogen) atoms. The molecular formula is C30H34N4O2. The highest BCUT2D eigenvalue weighted by atomic mass is 16.2. The van der Waals surface area contributed by atoms with Crippen LogP contribution in [-0.4, -0.2) is 55.0 Å². The zero-order chi connectivity index (χ0) is 25.7. The van der Waals surface area contributed by atoms with Crippen LogP contribution >= 0.6 is 0 Å². The van der Waals surface area contributed by atoms with E-state index >= 15 is 0 Å². The van der Waals surface area contributed by atoms with E-state index in [1.165, 1.54) is 5.56 Å². The van der Waals surface area contributed by atoms with E-state index < -0.39 is 5.92 Å². The highest BCUT2D eigenvalue weighted by Crippen LogP contribution is 2.37. The van der Waals surface area contributed by atoms with E-state index in [1.807, 2.05) is 75.7 Å². The molecule has 0 fully saturated rings. The molecule has 1 heterocycles. The van der Waals surface area contributed by atoms with Gasteiger partial charge in [-0.05, 0) is 67.5 Å². The quantitative estimate of drug-likeness (QED) is 0.411. The van der Waals surface area contributed by atoms with Gasteiger partial charge in [0.15, 0.2) is 0 Å². The first-order valence-electron chi connectivity index (χ1n) is 12.4. The van der Waals surface area contributed by atoms with Crippen LogP contribution in [0.2, 0.25) is 0 Å². The van der Waals surface area contributed by atoms with Gasteiger partial charge in [-0.3, -0.25) is 14.6 Å². The average Bonchev–Trinajstić information content (AvgIpc) is 3.21. The van der Waals surface area contributed by atoms with Crippen molar-refractivity contribution in [3.8, 4) is 0 Å². The topological polar surface area (TPSA) is 65.0 Å². The normalized spacial score (nSPS) is 15.1. The summed E-state index contributed by atoms with van der Waals surface area (Å²) < 4.78 is 0. The second-order valence-corrected chi connectivity index (χ2v) is 9.57. The molecule has 1 N–H and O–H groups in total. The second kappa shape index (κ2) is 11.3. The number of nitrogens with one attached hydrogen (secondary N) is 1. The summed E-state index contributed by atoms with van der Waals surface area (Å²) >= 11 is 0. The molecule has 0 aliphatic carbocycles. The number of nitrogens with zero attached hydrogens (tertiary/aromatic N) is 3. The van der Waals surface area contributed by atoms with Crippen LogP contribution in [0.15, 0.2) is 77.8 Å². The minimum Gasteiger partial charge on any atom is -0.342 e. The first-order chi connectivity index (χ1) is 17.4. The molecule has 2 amide bonds. The van der Waals surface area contributed by atoms with E-state index in [1.54, 1.807) is 11.0 Å². The second-order valence-electron chi connectivity index (χ2n) is 9.57. The Labute approximate surface area is 213 Å². The molecule has 0 saturated carbocycles. The van der Waals surface area contributed by atoms with Gasteiger partial charge in [-0.2, -0.15) is 0 Å². The third kappa shape index (κ3) is 5.71. The van der Waals surface area contributed by atoms with Gasteiger partial charge >= 0.3 is 0 Å². The first kappa shape index (κ1) is 25.3. The molecule has 6 heteroatoms. The van der Waals surface area contributed by atoms with Crippen LogP contribution in [0.5, 0.6) is 0 Å². The summed E-state index contributed by atoms with van der Waals surface area (Å²) in [4.78, 5) is 35.2. The van der Waals surface area contributed by atoms with E-state index in [4.69, 9.17) is 4.99 Å². The van der Waals surface area contributed by atoms with Gasteiger partial charge in [-0.15, -0.1) is 0 Å². The van der Waals surface area contributed by atoms with E-state index in [9.17, 15) is 9.59 Å². The number of benzene rings is 3. The summed E-state index contributed by atoms with van der Waals surface area (Å²) in [6.45, 7) is 3.65. The maximum absolute atomic E-state index is 13.3. The monoisotopic (exact) mass is 482 g/mol. The Hall–Kier alpha value is -3.77. The maximum Gasteiger partial charge on any atom is 0.253 e. The number of hydrogen-bond donors (Lipinski definition) is 1. The molecular weight excluding hydrogens is 448 g/mol. The summed E-state index contributed by atoms with van der Waals surface area (Å²) in [5.74, 6) is -0.794. The molecule has 1 aliphatic rings. The molecule has 0 radical (unpaired) electrons. The average molecular weight is 483 g/mol. The van der Waals surface area contributed by atoms with Crippen molar-refractivity contribution in [2.75, 3.05) is 33.0 Å². The van der Waals surface area contributed by atoms with Crippen LogP contribution < -0.4 is 5.32 Å². The fourth-order valence-corrected chi connectivity index (χ4v) is 4.47. The van der Waals surface area contributed by atoms with Crippen molar-refractivity contribution in [1.29, 1.82) is 0 Å². The van der Waals surface area contributed by atoms with Crippen LogP contribution in [0.25, 0.3) is 0 Å². The number of carbonyl (C=O) groups excluding carboxylic acids is 2. The van der Waals surface area contributed by atoms with Gasteiger partial charge in [0.25, 0.3) is 5.91 Å². The number of fused-ring (bicyclic) bond motifs is 1. The van der Waals surface area contributed by atoms with Crippen LogP contribution in [0.1, 0.15) is 52.7 Å². The molecule has 0 spiro atoms. The van der Waals surface area contributed by atoms with Crippen molar-refractivity contribution in [3.63, 3.8) is 0 Å². The van der Waals surface area contributed by atoms with Gasteiger partial charge in [0, 0.05) is 31.4 Å². The van der Waals surface area contributed by atoms with E-state index in [0.29, 0.717) is 17.8 Å². The molecule has 6 nitrogen and oxygen atoms in total. The number of unbranched alkanes of at least 4 members (excludes halogenated alkanes) is 1. The Morgan fingerprint density at radius 3 is 2.33 bits per heavy atom. The van der Waals surface area contributed by atoms with Gasteiger partial charge in [-0.25, -0.2) is 0 Å². The molecule has 3 aromatic rings. The van der Waals surface area contributed by atoms with Crippen molar-refractivity contribution < 1.29 is 9.59 Å². The summed E-state index contributed by atoms with van der Waals surface area (Å²) in [5.41, 5.74) is 5.60. The Kier molecular flexibility index (Phi) is 7.96. The third-order valence-corrected chi connectivity index (χ3v) is 6.35. The number of amides is 2. The standard InChI is InChI=1S/C30H34N4O2/c1-5-6-18-34(4)30(36)23-14-17-26-25(19-23)27(29(35)32-26)28(22-10-8-7-9-11-22)31-24-15-12-21(13-16-24)20-33(2)3/h7-17,19,27H,5-6,18,20H2,1-4H3,(H,32,35). The zero-order valence-electron chi connectivity index (χ0n) is 21.5. The fourth-order valence-electron chi connectivity index (χ4n) is 4.47.